The molecular weight excluding hydrogens is 288 g/mol. The maximum absolute atomic E-state index is 12.3. The Hall–Kier alpha value is -1.11. The molecule has 5 nitrogen and oxygen atoms in total. The number of hydrogen-bond donors (Lipinski definition) is 1. The molecule has 7 heteroatoms. The molecule has 1 aromatic carbocycles. The second kappa shape index (κ2) is 5.90. The van der Waals surface area contributed by atoms with Gasteiger partial charge in [0.2, 0.25) is 10.0 Å². The minimum Gasteiger partial charge on any atom is -0.339 e. The third-order valence-electron chi connectivity index (χ3n) is 2.91. The fraction of sp³-hybridized carbons (Fsp3) is 0.417. The Morgan fingerprint density at radius 1 is 1.32 bits per heavy atom. The van der Waals surface area contributed by atoms with Crippen molar-refractivity contribution >= 4 is 27.5 Å². The number of amides is 1. The topological polar surface area (TPSA) is 80.5 Å². The number of rotatable bonds is 4. The Morgan fingerprint density at radius 2 is 1.84 bits per heavy atom. The van der Waals surface area contributed by atoms with Crippen LogP contribution in [-0.2, 0) is 10.0 Å². The van der Waals surface area contributed by atoms with Crippen molar-refractivity contribution < 1.29 is 13.2 Å². The molecule has 0 atom stereocenters. The maximum atomic E-state index is 12.3. The van der Waals surface area contributed by atoms with Crippen LogP contribution in [0.3, 0.4) is 0 Å². The Bertz CT molecular complexity index is 595. The summed E-state index contributed by atoms with van der Waals surface area (Å²) in [6, 6.07) is 2.72. The molecule has 0 fully saturated rings. The molecule has 1 rings (SSSR count). The van der Waals surface area contributed by atoms with Crippen LogP contribution in [0, 0.1) is 6.92 Å². The summed E-state index contributed by atoms with van der Waals surface area (Å²) in [6.07, 6.45) is 0. The molecule has 2 N–H and O–H groups in total. The minimum absolute atomic E-state index is 0.115. The van der Waals surface area contributed by atoms with Gasteiger partial charge in [-0.2, -0.15) is 0 Å². The van der Waals surface area contributed by atoms with E-state index in [1.165, 1.54) is 12.1 Å². The van der Waals surface area contributed by atoms with Crippen molar-refractivity contribution in [3.63, 3.8) is 0 Å². The van der Waals surface area contributed by atoms with Crippen LogP contribution in [0.15, 0.2) is 17.0 Å². The van der Waals surface area contributed by atoms with Crippen LogP contribution in [0.4, 0.5) is 0 Å². The SMILES string of the molecule is CCN(CC)C(=O)c1cc(Cl)cc(S(N)(=O)=O)c1C. The standard InChI is InChI=1S/C12H17ClN2O3S/c1-4-15(5-2)12(16)10-6-9(13)7-11(8(10)3)19(14,17)18/h6-7H,4-5H2,1-3H3,(H2,14,17,18). The Kier molecular flexibility index (Phi) is 4.95. The highest BCUT2D eigenvalue weighted by Crippen LogP contribution is 2.24. The minimum atomic E-state index is -3.91. The zero-order valence-electron chi connectivity index (χ0n) is 11.1. The van der Waals surface area contributed by atoms with Crippen molar-refractivity contribution in [1.29, 1.82) is 0 Å². The lowest BCUT2D eigenvalue weighted by atomic mass is 10.1. The van der Waals surface area contributed by atoms with Crippen molar-refractivity contribution in [2.45, 2.75) is 25.7 Å². The highest BCUT2D eigenvalue weighted by atomic mass is 35.5. The zero-order valence-corrected chi connectivity index (χ0v) is 12.7. The first-order valence-corrected chi connectivity index (χ1v) is 7.77. The summed E-state index contributed by atoms with van der Waals surface area (Å²) >= 11 is 5.87. The van der Waals surface area contributed by atoms with E-state index in [-0.39, 0.29) is 21.4 Å². The van der Waals surface area contributed by atoms with E-state index in [9.17, 15) is 13.2 Å². The van der Waals surface area contributed by atoms with Gasteiger partial charge in [0.1, 0.15) is 0 Å². The molecule has 0 saturated heterocycles. The number of benzene rings is 1. The van der Waals surface area contributed by atoms with Gasteiger partial charge in [-0.25, -0.2) is 13.6 Å². The lowest BCUT2D eigenvalue weighted by Gasteiger charge is -2.20. The summed E-state index contributed by atoms with van der Waals surface area (Å²) in [7, 11) is -3.91. The Morgan fingerprint density at radius 3 is 2.26 bits per heavy atom. The molecule has 106 valence electrons. The third kappa shape index (κ3) is 3.46. The van der Waals surface area contributed by atoms with Crippen LogP contribution in [0.25, 0.3) is 0 Å². The van der Waals surface area contributed by atoms with Gasteiger partial charge in [-0.05, 0) is 38.5 Å². The first-order chi connectivity index (χ1) is 8.72. The smallest absolute Gasteiger partial charge is 0.254 e. The van der Waals surface area contributed by atoms with E-state index in [1.807, 2.05) is 13.8 Å². The summed E-state index contributed by atoms with van der Waals surface area (Å²) in [5, 5.41) is 5.30. The summed E-state index contributed by atoms with van der Waals surface area (Å²) < 4.78 is 23.0. The number of halogens is 1. The van der Waals surface area contributed by atoms with Gasteiger partial charge in [0.15, 0.2) is 0 Å². The van der Waals surface area contributed by atoms with Crippen molar-refractivity contribution in [3.05, 3.63) is 28.3 Å². The number of primary sulfonamides is 1. The van der Waals surface area contributed by atoms with Gasteiger partial charge in [-0.1, -0.05) is 11.6 Å². The average molecular weight is 305 g/mol. The van der Waals surface area contributed by atoms with Crippen LogP contribution in [0.2, 0.25) is 5.02 Å². The molecular formula is C12H17ClN2O3S. The van der Waals surface area contributed by atoms with Gasteiger partial charge >= 0.3 is 0 Å². The molecule has 0 saturated carbocycles. The molecule has 0 aliphatic heterocycles. The molecule has 1 amide bonds. The van der Waals surface area contributed by atoms with E-state index in [0.717, 1.165) is 0 Å². The van der Waals surface area contributed by atoms with Gasteiger partial charge in [0.05, 0.1) is 4.90 Å². The van der Waals surface area contributed by atoms with Crippen LogP contribution >= 0.6 is 11.6 Å². The summed E-state index contributed by atoms with van der Waals surface area (Å²) in [5.41, 5.74) is 0.587. The quantitative estimate of drug-likeness (QED) is 0.920. The van der Waals surface area contributed by atoms with Crippen molar-refractivity contribution in [2.75, 3.05) is 13.1 Å². The lowest BCUT2D eigenvalue weighted by molar-refractivity contribution is 0.0772. The van der Waals surface area contributed by atoms with E-state index >= 15 is 0 Å². The van der Waals surface area contributed by atoms with Crippen LogP contribution in [0.5, 0.6) is 0 Å². The molecule has 0 unspecified atom stereocenters. The second-order valence-electron chi connectivity index (χ2n) is 4.10. The molecule has 0 aliphatic rings. The molecule has 0 heterocycles. The van der Waals surface area contributed by atoms with Crippen LogP contribution in [0.1, 0.15) is 29.8 Å². The number of carbonyl (C=O) groups excluding carboxylic acids is 1. The fourth-order valence-corrected chi connectivity index (χ4v) is 2.96. The number of sulfonamides is 1. The molecule has 0 aliphatic carbocycles. The van der Waals surface area contributed by atoms with Crippen molar-refractivity contribution in [1.82, 2.24) is 4.90 Å². The van der Waals surface area contributed by atoms with Gasteiger partial charge in [0, 0.05) is 23.7 Å². The molecule has 1 aromatic rings. The highest BCUT2D eigenvalue weighted by molar-refractivity contribution is 7.89. The lowest BCUT2D eigenvalue weighted by Crippen LogP contribution is -2.31. The molecule has 0 aromatic heterocycles. The van der Waals surface area contributed by atoms with Gasteiger partial charge < -0.3 is 4.90 Å². The fourth-order valence-electron chi connectivity index (χ4n) is 1.85. The molecule has 0 spiro atoms. The summed E-state index contributed by atoms with van der Waals surface area (Å²) in [4.78, 5) is 13.8. The van der Waals surface area contributed by atoms with E-state index in [1.54, 1.807) is 11.8 Å². The van der Waals surface area contributed by atoms with E-state index in [4.69, 9.17) is 16.7 Å². The highest BCUT2D eigenvalue weighted by Gasteiger charge is 2.21. The zero-order chi connectivity index (χ0) is 14.8. The summed E-state index contributed by atoms with van der Waals surface area (Å²) in [5.74, 6) is -0.255. The second-order valence-corrected chi connectivity index (χ2v) is 6.07. The monoisotopic (exact) mass is 304 g/mol. The number of carbonyl (C=O) groups is 1. The largest absolute Gasteiger partial charge is 0.339 e. The van der Waals surface area contributed by atoms with Crippen LogP contribution in [-0.4, -0.2) is 32.3 Å². The van der Waals surface area contributed by atoms with Gasteiger partial charge in [-0.15, -0.1) is 0 Å². The molecule has 0 radical (unpaired) electrons. The predicted molar refractivity (Wildman–Crippen MR) is 74.8 cm³/mol. The first kappa shape index (κ1) is 15.9. The average Bonchev–Trinajstić information content (AvgIpc) is 2.31. The number of nitrogens with two attached hydrogens (primary N) is 1. The molecule has 0 bridgehead atoms. The third-order valence-corrected chi connectivity index (χ3v) is 4.17. The Labute approximate surface area is 118 Å². The molecule has 19 heavy (non-hydrogen) atoms. The van der Waals surface area contributed by atoms with Crippen LogP contribution < -0.4 is 5.14 Å². The normalized spacial score (nSPS) is 11.4. The van der Waals surface area contributed by atoms with E-state index in [0.29, 0.717) is 18.7 Å². The summed E-state index contributed by atoms with van der Waals surface area (Å²) in [6.45, 7) is 6.31. The van der Waals surface area contributed by atoms with Gasteiger partial charge in [0.25, 0.3) is 5.91 Å². The Balaban J connectivity index is 3.46. The maximum Gasteiger partial charge on any atom is 0.254 e. The van der Waals surface area contributed by atoms with Gasteiger partial charge in [-0.3, -0.25) is 4.79 Å². The van der Waals surface area contributed by atoms with Crippen molar-refractivity contribution in [2.24, 2.45) is 5.14 Å². The van der Waals surface area contributed by atoms with E-state index < -0.39 is 10.0 Å². The predicted octanol–water partition coefficient (Wildman–Crippen LogP) is 1.78. The number of hydrogen-bond acceptors (Lipinski definition) is 3. The van der Waals surface area contributed by atoms with Crippen molar-refractivity contribution in [3.8, 4) is 0 Å². The van der Waals surface area contributed by atoms with E-state index in [2.05, 4.69) is 0 Å². The number of nitrogens with zero attached hydrogens (tertiary/aromatic N) is 1. The first-order valence-electron chi connectivity index (χ1n) is 5.84.